The minimum Gasteiger partial charge on any atom is -0.342 e. The fraction of sp³-hybridized carbons (Fsp3) is 0.385. The van der Waals surface area contributed by atoms with E-state index in [1.807, 2.05) is 6.92 Å². The average molecular weight is 336 g/mol. The van der Waals surface area contributed by atoms with Crippen molar-refractivity contribution in [3.05, 3.63) is 40.1 Å². The van der Waals surface area contributed by atoms with E-state index in [2.05, 4.69) is 41.0 Å². The first kappa shape index (κ1) is 13.2. The molecule has 0 aromatic carbocycles. The molecule has 1 N–H and O–H groups in total. The normalized spacial score (nSPS) is 14.9. The molecule has 1 amide bonds. The van der Waals surface area contributed by atoms with Crippen LogP contribution in [0.5, 0.6) is 0 Å². The minimum atomic E-state index is -0.175. The molecular formula is C13H14BrN5O. The lowest BCUT2D eigenvalue weighted by Crippen LogP contribution is -2.28. The smallest absolute Gasteiger partial charge is 0.253 e. The van der Waals surface area contributed by atoms with Crippen LogP contribution in [0.25, 0.3) is 0 Å². The molecule has 104 valence electrons. The predicted octanol–water partition coefficient (Wildman–Crippen LogP) is 1.87. The van der Waals surface area contributed by atoms with Crippen LogP contribution in [0.15, 0.2) is 22.9 Å². The molecule has 0 saturated heterocycles. The third-order valence-corrected chi connectivity index (χ3v) is 3.83. The van der Waals surface area contributed by atoms with Gasteiger partial charge in [0.2, 0.25) is 0 Å². The summed E-state index contributed by atoms with van der Waals surface area (Å²) in [6.07, 6.45) is 3.60. The van der Waals surface area contributed by atoms with Crippen molar-refractivity contribution < 1.29 is 4.79 Å². The molecule has 3 rings (SSSR count). The molecule has 0 saturated carbocycles. The highest BCUT2D eigenvalue weighted by Crippen LogP contribution is 2.19. The van der Waals surface area contributed by atoms with Gasteiger partial charge < -0.3 is 9.88 Å². The van der Waals surface area contributed by atoms with Crippen LogP contribution in [0.3, 0.4) is 0 Å². The Morgan fingerprint density at radius 2 is 2.30 bits per heavy atom. The largest absolute Gasteiger partial charge is 0.342 e. The van der Waals surface area contributed by atoms with Gasteiger partial charge in [-0.05, 0) is 41.4 Å². The molecule has 0 radical (unpaired) electrons. The summed E-state index contributed by atoms with van der Waals surface area (Å²) in [6.45, 7) is 2.84. The molecule has 2 aromatic rings. The first-order chi connectivity index (χ1) is 9.65. The molecule has 1 atom stereocenters. The van der Waals surface area contributed by atoms with Crippen molar-refractivity contribution >= 4 is 21.8 Å². The quantitative estimate of drug-likeness (QED) is 0.869. The fourth-order valence-electron chi connectivity index (χ4n) is 2.35. The van der Waals surface area contributed by atoms with E-state index in [-0.39, 0.29) is 11.9 Å². The highest BCUT2D eigenvalue weighted by atomic mass is 79.9. The van der Waals surface area contributed by atoms with Gasteiger partial charge in [-0.3, -0.25) is 4.79 Å². The van der Waals surface area contributed by atoms with Crippen LogP contribution >= 0.6 is 15.9 Å². The molecular weight excluding hydrogens is 322 g/mol. The SMILES string of the molecule is CC(NC(=O)c1ccc(Br)nc1)c1nnc2n1CCC2. The van der Waals surface area contributed by atoms with Gasteiger partial charge in [0.15, 0.2) is 5.82 Å². The lowest BCUT2D eigenvalue weighted by atomic mass is 10.2. The highest BCUT2D eigenvalue weighted by molar-refractivity contribution is 9.10. The molecule has 1 aliphatic heterocycles. The number of hydrogen-bond acceptors (Lipinski definition) is 4. The van der Waals surface area contributed by atoms with Crippen molar-refractivity contribution in [3.63, 3.8) is 0 Å². The number of pyridine rings is 1. The molecule has 20 heavy (non-hydrogen) atoms. The molecule has 0 aliphatic carbocycles. The maximum atomic E-state index is 12.1. The van der Waals surface area contributed by atoms with Crippen LogP contribution < -0.4 is 5.32 Å². The number of hydrogen-bond donors (Lipinski definition) is 1. The summed E-state index contributed by atoms with van der Waals surface area (Å²) in [6, 6.07) is 3.30. The highest BCUT2D eigenvalue weighted by Gasteiger charge is 2.22. The molecule has 0 fully saturated rings. The maximum Gasteiger partial charge on any atom is 0.253 e. The van der Waals surface area contributed by atoms with E-state index in [9.17, 15) is 4.79 Å². The molecule has 2 aromatic heterocycles. The zero-order chi connectivity index (χ0) is 14.1. The van der Waals surface area contributed by atoms with E-state index in [4.69, 9.17) is 0 Å². The standard InChI is InChI=1S/C13H14BrN5O/c1-8(12-18-17-11-3-2-6-19(11)12)16-13(20)9-4-5-10(14)15-7-9/h4-5,7-8H,2-3,6H2,1H3,(H,16,20). The predicted molar refractivity (Wildman–Crippen MR) is 76.2 cm³/mol. The molecule has 1 aliphatic rings. The van der Waals surface area contributed by atoms with Crippen molar-refractivity contribution in [2.45, 2.75) is 32.4 Å². The van der Waals surface area contributed by atoms with E-state index in [0.717, 1.165) is 31.0 Å². The average Bonchev–Trinajstić information content (AvgIpc) is 3.01. The third-order valence-electron chi connectivity index (χ3n) is 3.36. The number of nitrogens with zero attached hydrogens (tertiary/aromatic N) is 4. The Labute approximate surface area is 124 Å². The summed E-state index contributed by atoms with van der Waals surface area (Å²) < 4.78 is 2.79. The molecule has 3 heterocycles. The van der Waals surface area contributed by atoms with Gasteiger partial charge in [0, 0.05) is 19.2 Å². The van der Waals surface area contributed by atoms with Crippen molar-refractivity contribution in [1.82, 2.24) is 25.1 Å². The van der Waals surface area contributed by atoms with Crippen LogP contribution in [0, 0.1) is 0 Å². The fourth-order valence-corrected chi connectivity index (χ4v) is 2.58. The van der Waals surface area contributed by atoms with Crippen LogP contribution in [0.1, 0.15) is 41.4 Å². The van der Waals surface area contributed by atoms with Crippen molar-refractivity contribution in [2.24, 2.45) is 0 Å². The Hall–Kier alpha value is -1.76. The molecule has 1 unspecified atom stereocenters. The summed E-state index contributed by atoms with van der Waals surface area (Å²) in [5.41, 5.74) is 0.529. The second kappa shape index (κ2) is 5.32. The van der Waals surface area contributed by atoms with Gasteiger partial charge in [0.05, 0.1) is 11.6 Å². The molecule has 0 bridgehead atoms. The molecule has 0 spiro atoms. The van der Waals surface area contributed by atoms with E-state index >= 15 is 0 Å². The Morgan fingerprint density at radius 1 is 1.45 bits per heavy atom. The number of halogens is 1. The summed E-state index contributed by atoms with van der Waals surface area (Å²) in [4.78, 5) is 16.2. The van der Waals surface area contributed by atoms with Gasteiger partial charge in [-0.25, -0.2) is 4.98 Å². The first-order valence-electron chi connectivity index (χ1n) is 6.49. The molecule has 6 nitrogen and oxygen atoms in total. The number of amides is 1. The van der Waals surface area contributed by atoms with Crippen molar-refractivity contribution in [1.29, 1.82) is 0 Å². The zero-order valence-electron chi connectivity index (χ0n) is 11.0. The van der Waals surface area contributed by atoms with Gasteiger partial charge in [-0.1, -0.05) is 0 Å². The van der Waals surface area contributed by atoms with Crippen LogP contribution in [0.2, 0.25) is 0 Å². The Bertz CT molecular complexity index is 637. The van der Waals surface area contributed by atoms with Gasteiger partial charge in [0.25, 0.3) is 5.91 Å². The van der Waals surface area contributed by atoms with E-state index < -0.39 is 0 Å². The van der Waals surface area contributed by atoms with Crippen LogP contribution in [0.4, 0.5) is 0 Å². The van der Waals surface area contributed by atoms with E-state index in [1.165, 1.54) is 0 Å². The summed E-state index contributed by atoms with van der Waals surface area (Å²) in [7, 11) is 0. The Kier molecular flexibility index (Phi) is 3.52. The van der Waals surface area contributed by atoms with E-state index in [1.54, 1.807) is 18.3 Å². The van der Waals surface area contributed by atoms with Crippen molar-refractivity contribution in [2.75, 3.05) is 0 Å². The van der Waals surface area contributed by atoms with Gasteiger partial charge in [0.1, 0.15) is 10.4 Å². The van der Waals surface area contributed by atoms with Gasteiger partial charge in [-0.2, -0.15) is 0 Å². The number of aromatic nitrogens is 4. The monoisotopic (exact) mass is 335 g/mol. The molecule has 7 heteroatoms. The topological polar surface area (TPSA) is 72.7 Å². The maximum absolute atomic E-state index is 12.1. The van der Waals surface area contributed by atoms with Crippen LogP contribution in [-0.4, -0.2) is 25.7 Å². The number of carbonyl (C=O) groups is 1. The zero-order valence-corrected chi connectivity index (χ0v) is 12.6. The second-order valence-corrected chi connectivity index (χ2v) is 5.61. The van der Waals surface area contributed by atoms with E-state index in [0.29, 0.717) is 10.2 Å². The summed E-state index contributed by atoms with van der Waals surface area (Å²) >= 11 is 3.25. The van der Waals surface area contributed by atoms with Crippen molar-refractivity contribution in [3.8, 4) is 0 Å². The summed E-state index contributed by atoms with van der Waals surface area (Å²) in [5, 5.41) is 11.3. The van der Waals surface area contributed by atoms with Gasteiger partial charge >= 0.3 is 0 Å². The van der Waals surface area contributed by atoms with Gasteiger partial charge in [-0.15, -0.1) is 10.2 Å². The Balaban J connectivity index is 1.73. The Morgan fingerprint density at radius 3 is 3.05 bits per heavy atom. The van der Waals surface area contributed by atoms with Crippen LogP contribution in [-0.2, 0) is 13.0 Å². The summed E-state index contributed by atoms with van der Waals surface area (Å²) in [5.74, 6) is 1.66. The first-order valence-corrected chi connectivity index (χ1v) is 7.29. The number of fused-ring (bicyclic) bond motifs is 1. The minimum absolute atomic E-state index is 0.159. The number of aryl methyl sites for hydroxylation is 1. The number of carbonyl (C=O) groups excluding carboxylic acids is 1. The lowest BCUT2D eigenvalue weighted by Gasteiger charge is -2.13. The lowest BCUT2D eigenvalue weighted by molar-refractivity contribution is 0.0937. The second-order valence-electron chi connectivity index (χ2n) is 4.79. The number of nitrogens with one attached hydrogen (secondary N) is 1. The number of rotatable bonds is 3. The third kappa shape index (κ3) is 2.45.